The van der Waals surface area contributed by atoms with E-state index in [1.54, 1.807) is 0 Å². The summed E-state index contributed by atoms with van der Waals surface area (Å²) < 4.78 is 1.91. The third-order valence-corrected chi connectivity index (χ3v) is 6.94. The molecule has 182 valence electrons. The minimum Gasteiger partial charge on any atom is -0.330 e. The van der Waals surface area contributed by atoms with Crippen LogP contribution >= 0.6 is 0 Å². The minimum absolute atomic E-state index is 0.0258. The Hall–Kier alpha value is -3.48. The van der Waals surface area contributed by atoms with Crippen LogP contribution in [0.4, 0.5) is 0 Å². The zero-order valence-corrected chi connectivity index (χ0v) is 21.2. The number of fused-ring (bicyclic) bond motifs is 4. The summed E-state index contributed by atoms with van der Waals surface area (Å²) in [4.78, 5) is 31.3. The molecule has 1 aliphatic rings. The number of carbonyl (C=O) groups is 1. The molecule has 0 radical (unpaired) electrons. The van der Waals surface area contributed by atoms with E-state index in [0.29, 0.717) is 29.8 Å². The van der Waals surface area contributed by atoms with Crippen LogP contribution in [0.3, 0.4) is 0 Å². The summed E-state index contributed by atoms with van der Waals surface area (Å²) in [7, 11) is 0. The summed E-state index contributed by atoms with van der Waals surface area (Å²) in [6.45, 7) is 12.0. The van der Waals surface area contributed by atoms with Crippen LogP contribution in [0.5, 0.6) is 0 Å². The maximum atomic E-state index is 13.5. The molecule has 1 atom stereocenters. The molecule has 0 bridgehead atoms. The molecule has 1 amide bonds. The fourth-order valence-corrected chi connectivity index (χ4v) is 5.39. The third kappa shape index (κ3) is 4.24. The number of aromatic amines is 1. The van der Waals surface area contributed by atoms with Crippen molar-refractivity contribution in [2.24, 2.45) is 5.41 Å². The van der Waals surface area contributed by atoms with Crippen molar-refractivity contribution in [1.82, 2.24) is 24.5 Å². The van der Waals surface area contributed by atoms with Gasteiger partial charge in [0.1, 0.15) is 5.82 Å². The van der Waals surface area contributed by atoms with E-state index in [-0.39, 0.29) is 22.8 Å². The average Bonchev–Trinajstić information content (AvgIpc) is 3.43. The van der Waals surface area contributed by atoms with Crippen molar-refractivity contribution >= 4 is 22.6 Å². The SMILES string of the molecule is CCCC(CC(C)(C)C)c1nnc2c(=O)[nH]c3cc(C(=O)N4Cc5ccccc5C4)c(C)cc3n12. The topological polar surface area (TPSA) is 83.4 Å². The molecule has 1 unspecified atom stereocenters. The normalized spacial score (nSPS) is 14.6. The van der Waals surface area contributed by atoms with Crippen LogP contribution in [0.1, 0.15) is 85.7 Å². The van der Waals surface area contributed by atoms with Gasteiger partial charge in [0.15, 0.2) is 0 Å². The number of benzene rings is 2. The molecule has 0 aliphatic carbocycles. The van der Waals surface area contributed by atoms with Gasteiger partial charge in [-0.3, -0.25) is 14.0 Å². The lowest BCUT2D eigenvalue weighted by Gasteiger charge is -2.25. The van der Waals surface area contributed by atoms with Gasteiger partial charge >= 0.3 is 0 Å². The van der Waals surface area contributed by atoms with Crippen LogP contribution in [0.2, 0.25) is 0 Å². The molecular weight excluding hydrogens is 438 g/mol. The van der Waals surface area contributed by atoms with Crippen molar-refractivity contribution in [2.75, 3.05) is 0 Å². The Morgan fingerprint density at radius 2 is 1.80 bits per heavy atom. The lowest BCUT2D eigenvalue weighted by atomic mass is 9.82. The molecule has 5 rings (SSSR count). The summed E-state index contributed by atoms with van der Waals surface area (Å²) in [5.74, 6) is 0.980. The molecule has 7 heteroatoms. The highest BCUT2D eigenvalue weighted by Crippen LogP contribution is 2.34. The van der Waals surface area contributed by atoms with Crippen molar-refractivity contribution < 1.29 is 4.79 Å². The van der Waals surface area contributed by atoms with E-state index in [2.05, 4.69) is 55.0 Å². The molecule has 1 aliphatic heterocycles. The van der Waals surface area contributed by atoms with Gasteiger partial charge in [-0.25, -0.2) is 0 Å². The number of aromatic nitrogens is 4. The van der Waals surface area contributed by atoms with Crippen molar-refractivity contribution in [3.8, 4) is 0 Å². The average molecular weight is 472 g/mol. The molecule has 2 aromatic carbocycles. The molecule has 3 heterocycles. The molecule has 0 spiro atoms. The van der Waals surface area contributed by atoms with Crippen LogP contribution in [-0.4, -0.2) is 30.4 Å². The predicted molar refractivity (Wildman–Crippen MR) is 138 cm³/mol. The fraction of sp³-hybridized carbons (Fsp3) is 0.429. The van der Waals surface area contributed by atoms with E-state index in [4.69, 9.17) is 0 Å². The molecule has 2 aromatic heterocycles. The second kappa shape index (κ2) is 8.63. The Kier molecular flexibility index (Phi) is 5.74. The van der Waals surface area contributed by atoms with Gasteiger partial charge < -0.3 is 9.88 Å². The van der Waals surface area contributed by atoms with Gasteiger partial charge in [0.25, 0.3) is 11.5 Å². The highest BCUT2D eigenvalue weighted by Gasteiger charge is 2.28. The van der Waals surface area contributed by atoms with E-state index in [0.717, 1.165) is 36.2 Å². The number of nitrogens with one attached hydrogen (secondary N) is 1. The van der Waals surface area contributed by atoms with E-state index < -0.39 is 0 Å². The lowest BCUT2D eigenvalue weighted by Crippen LogP contribution is -2.26. The van der Waals surface area contributed by atoms with Gasteiger partial charge in [-0.1, -0.05) is 58.4 Å². The van der Waals surface area contributed by atoms with Gasteiger partial charge in [0.05, 0.1) is 11.0 Å². The first kappa shape index (κ1) is 23.3. The molecular formula is C28H33N5O2. The molecule has 1 N–H and O–H groups in total. The third-order valence-electron chi connectivity index (χ3n) is 6.94. The molecule has 35 heavy (non-hydrogen) atoms. The van der Waals surface area contributed by atoms with Crippen LogP contribution in [0.15, 0.2) is 41.2 Å². The highest BCUT2D eigenvalue weighted by molar-refractivity contribution is 5.99. The van der Waals surface area contributed by atoms with Crippen LogP contribution in [0.25, 0.3) is 16.7 Å². The second-order valence-electron chi connectivity index (χ2n) is 11.0. The largest absolute Gasteiger partial charge is 0.330 e. The maximum Gasteiger partial charge on any atom is 0.294 e. The monoisotopic (exact) mass is 471 g/mol. The first-order chi connectivity index (χ1) is 16.7. The standard InChI is InChI=1S/C28H33N5O2/c1-6-9-18(14-28(3,4)5)24-30-31-25-26(34)29-22-13-21(17(2)12-23(22)33(24)25)27(35)32-15-19-10-7-8-11-20(19)16-32/h7-8,10-13,18H,6,9,14-16H2,1-5H3,(H,29,34). The van der Waals surface area contributed by atoms with Gasteiger partial charge in [0, 0.05) is 24.6 Å². The summed E-state index contributed by atoms with van der Waals surface area (Å²) in [5, 5.41) is 8.77. The van der Waals surface area contributed by atoms with E-state index in [1.807, 2.05) is 40.5 Å². The van der Waals surface area contributed by atoms with E-state index >= 15 is 0 Å². The minimum atomic E-state index is -0.293. The van der Waals surface area contributed by atoms with Crippen LogP contribution in [-0.2, 0) is 13.1 Å². The molecule has 0 saturated carbocycles. The quantitative estimate of drug-likeness (QED) is 0.425. The number of aryl methyl sites for hydroxylation is 1. The summed E-state index contributed by atoms with van der Waals surface area (Å²) in [5.41, 5.74) is 5.42. The Labute approximate surface area is 205 Å². The first-order valence-electron chi connectivity index (χ1n) is 12.4. The summed E-state index contributed by atoms with van der Waals surface area (Å²) in [6.07, 6.45) is 2.94. The Morgan fingerprint density at radius 3 is 2.43 bits per heavy atom. The van der Waals surface area contributed by atoms with Gasteiger partial charge in [-0.05, 0) is 54.0 Å². The predicted octanol–water partition coefficient (Wildman–Crippen LogP) is 5.36. The lowest BCUT2D eigenvalue weighted by molar-refractivity contribution is 0.0751. The van der Waals surface area contributed by atoms with Gasteiger partial charge in [-0.15, -0.1) is 10.2 Å². The number of H-pyrrole nitrogens is 1. The highest BCUT2D eigenvalue weighted by atomic mass is 16.2. The molecule has 4 aromatic rings. The summed E-state index contributed by atoms with van der Waals surface area (Å²) >= 11 is 0. The van der Waals surface area contributed by atoms with Crippen molar-refractivity contribution in [1.29, 1.82) is 0 Å². The van der Waals surface area contributed by atoms with Gasteiger partial charge in [0.2, 0.25) is 5.65 Å². The Balaban J connectivity index is 1.61. The fourth-order valence-electron chi connectivity index (χ4n) is 5.39. The second-order valence-corrected chi connectivity index (χ2v) is 11.0. The van der Waals surface area contributed by atoms with Crippen LogP contribution < -0.4 is 5.56 Å². The number of amides is 1. The van der Waals surface area contributed by atoms with Crippen molar-refractivity contribution in [3.05, 3.63) is 74.8 Å². The zero-order chi connectivity index (χ0) is 24.9. The summed E-state index contributed by atoms with van der Waals surface area (Å²) in [6, 6.07) is 12.0. The number of rotatable bonds is 5. The molecule has 0 fully saturated rings. The molecule has 0 saturated heterocycles. The van der Waals surface area contributed by atoms with Crippen molar-refractivity contribution in [2.45, 2.75) is 72.9 Å². The Morgan fingerprint density at radius 1 is 1.11 bits per heavy atom. The Bertz CT molecular complexity index is 1470. The zero-order valence-electron chi connectivity index (χ0n) is 21.2. The number of hydrogen-bond acceptors (Lipinski definition) is 4. The smallest absolute Gasteiger partial charge is 0.294 e. The maximum absolute atomic E-state index is 13.5. The number of hydrogen-bond donors (Lipinski definition) is 1. The molecule has 7 nitrogen and oxygen atoms in total. The van der Waals surface area contributed by atoms with E-state index in [1.165, 1.54) is 11.1 Å². The van der Waals surface area contributed by atoms with Gasteiger partial charge in [-0.2, -0.15) is 0 Å². The van der Waals surface area contributed by atoms with E-state index in [9.17, 15) is 9.59 Å². The van der Waals surface area contributed by atoms with Crippen LogP contribution in [0, 0.1) is 12.3 Å². The van der Waals surface area contributed by atoms with Crippen molar-refractivity contribution in [3.63, 3.8) is 0 Å². The number of carbonyl (C=O) groups excluding carboxylic acids is 1. The first-order valence-corrected chi connectivity index (χ1v) is 12.4. The number of nitrogens with zero attached hydrogens (tertiary/aromatic N) is 4.